The third-order valence-electron chi connectivity index (χ3n) is 3.29. The Balaban J connectivity index is 1.77. The van der Waals surface area contributed by atoms with E-state index >= 15 is 0 Å². The van der Waals surface area contributed by atoms with Gasteiger partial charge in [-0.3, -0.25) is 9.59 Å². The first-order valence-electron chi connectivity index (χ1n) is 7.61. The number of pyridine rings is 1. The van der Waals surface area contributed by atoms with Gasteiger partial charge < -0.3 is 14.5 Å². The van der Waals surface area contributed by atoms with Gasteiger partial charge in [-0.05, 0) is 31.5 Å². The van der Waals surface area contributed by atoms with E-state index in [4.69, 9.17) is 14.7 Å². The second-order valence-corrected chi connectivity index (χ2v) is 6.29. The molecule has 0 saturated heterocycles. The molecular formula is C18H18N2O4S. The minimum absolute atomic E-state index is 0.00138. The summed E-state index contributed by atoms with van der Waals surface area (Å²) < 4.78 is 10.6. The molecule has 0 spiro atoms. The molecule has 0 aliphatic rings. The zero-order chi connectivity index (χ0) is 18.2. The minimum atomic E-state index is -0.441. The van der Waals surface area contributed by atoms with Crippen LogP contribution in [0, 0.1) is 25.2 Å². The summed E-state index contributed by atoms with van der Waals surface area (Å²) in [6, 6.07) is 11.0. The van der Waals surface area contributed by atoms with E-state index in [0.717, 1.165) is 17.3 Å². The van der Waals surface area contributed by atoms with Gasteiger partial charge in [0.05, 0.1) is 16.3 Å². The molecule has 1 aromatic heterocycles. The SMILES string of the molecule is Cc1ccc(OCCOC(=O)CSc2[nH]c(=O)cc(C)c2C#N)cc1. The number of esters is 1. The molecule has 130 valence electrons. The molecule has 1 aromatic carbocycles. The van der Waals surface area contributed by atoms with Crippen molar-refractivity contribution in [1.29, 1.82) is 5.26 Å². The number of nitrogens with zero attached hydrogens (tertiary/aromatic N) is 1. The predicted molar refractivity (Wildman–Crippen MR) is 94.9 cm³/mol. The van der Waals surface area contributed by atoms with Crippen LogP contribution < -0.4 is 10.3 Å². The zero-order valence-corrected chi connectivity index (χ0v) is 14.8. The van der Waals surface area contributed by atoms with Crippen LogP contribution in [0.1, 0.15) is 16.7 Å². The monoisotopic (exact) mass is 358 g/mol. The van der Waals surface area contributed by atoms with E-state index in [1.165, 1.54) is 6.07 Å². The molecular weight excluding hydrogens is 340 g/mol. The van der Waals surface area contributed by atoms with Gasteiger partial charge in [0.25, 0.3) is 0 Å². The number of carbonyl (C=O) groups is 1. The van der Waals surface area contributed by atoms with E-state index in [9.17, 15) is 9.59 Å². The van der Waals surface area contributed by atoms with Crippen LogP contribution >= 0.6 is 11.8 Å². The topological polar surface area (TPSA) is 92.2 Å². The molecule has 0 aliphatic carbocycles. The number of rotatable bonds is 7. The fourth-order valence-corrected chi connectivity index (χ4v) is 2.90. The van der Waals surface area contributed by atoms with Crippen molar-refractivity contribution in [3.8, 4) is 11.8 Å². The van der Waals surface area contributed by atoms with Crippen molar-refractivity contribution in [3.05, 3.63) is 57.4 Å². The predicted octanol–water partition coefficient (Wildman–Crippen LogP) is 2.58. The van der Waals surface area contributed by atoms with Crippen LogP contribution in [-0.2, 0) is 9.53 Å². The van der Waals surface area contributed by atoms with Crippen molar-refractivity contribution in [2.24, 2.45) is 0 Å². The molecule has 0 aliphatic heterocycles. The molecule has 2 rings (SSSR count). The summed E-state index contributed by atoms with van der Waals surface area (Å²) in [7, 11) is 0. The standard InChI is InChI=1S/C18H18N2O4S/c1-12-3-5-14(6-4-12)23-7-8-24-17(22)11-25-18-15(10-19)13(2)9-16(21)20-18/h3-6,9H,7-8,11H2,1-2H3,(H,20,21). The van der Waals surface area contributed by atoms with Gasteiger partial charge in [-0.2, -0.15) is 5.26 Å². The van der Waals surface area contributed by atoms with Crippen LogP contribution in [0.3, 0.4) is 0 Å². The van der Waals surface area contributed by atoms with E-state index in [0.29, 0.717) is 21.9 Å². The Morgan fingerprint density at radius 1 is 1.24 bits per heavy atom. The Labute approximate surface area is 149 Å². The van der Waals surface area contributed by atoms with Crippen LogP contribution in [0.25, 0.3) is 0 Å². The quantitative estimate of drug-likeness (QED) is 0.465. The van der Waals surface area contributed by atoms with Crippen molar-refractivity contribution in [2.45, 2.75) is 18.9 Å². The smallest absolute Gasteiger partial charge is 0.316 e. The number of thioether (sulfide) groups is 1. The second-order valence-electron chi connectivity index (χ2n) is 5.30. The number of carbonyl (C=O) groups excluding carboxylic acids is 1. The van der Waals surface area contributed by atoms with Crippen LogP contribution in [0.5, 0.6) is 5.75 Å². The molecule has 0 fully saturated rings. The van der Waals surface area contributed by atoms with Crippen LogP contribution in [0.4, 0.5) is 0 Å². The highest BCUT2D eigenvalue weighted by molar-refractivity contribution is 7.99. The lowest BCUT2D eigenvalue weighted by Crippen LogP contribution is -2.15. The minimum Gasteiger partial charge on any atom is -0.490 e. The molecule has 0 unspecified atom stereocenters. The number of ether oxygens (including phenoxy) is 2. The fraction of sp³-hybridized carbons (Fsp3) is 0.278. The van der Waals surface area contributed by atoms with Crippen molar-refractivity contribution < 1.29 is 14.3 Å². The number of hydrogen-bond donors (Lipinski definition) is 1. The van der Waals surface area contributed by atoms with E-state index in [1.807, 2.05) is 37.3 Å². The lowest BCUT2D eigenvalue weighted by molar-refractivity contribution is -0.141. The van der Waals surface area contributed by atoms with E-state index < -0.39 is 5.97 Å². The molecule has 2 aromatic rings. The summed E-state index contributed by atoms with van der Waals surface area (Å²) >= 11 is 1.07. The van der Waals surface area contributed by atoms with Crippen LogP contribution in [0.15, 0.2) is 40.2 Å². The Kier molecular flexibility index (Phi) is 6.66. The van der Waals surface area contributed by atoms with Crippen LogP contribution in [0.2, 0.25) is 0 Å². The number of aromatic nitrogens is 1. The van der Waals surface area contributed by atoms with Gasteiger partial charge in [0, 0.05) is 6.07 Å². The van der Waals surface area contributed by atoms with Crippen molar-refractivity contribution in [1.82, 2.24) is 4.98 Å². The fourth-order valence-electron chi connectivity index (χ4n) is 2.03. The number of nitrogens with one attached hydrogen (secondary N) is 1. The maximum atomic E-state index is 11.8. The van der Waals surface area contributed by atoms with Gasteiger partial charge in [0.1, 0.15) is 25.0 Å². The van der Waals surface area contributed by atoms with Crippen molar-refractivity contribution in [3.63, 3.8) is 0 Å². The molecule has 1 heterocycles. The summed E-state index contributed by atoms with van der Waals surface area (Å²) in [4.78, 5) is 25.8. The summed E-state index contributed by atoms with van der Waals surface area (Å²) in [5.74, 6) is 0.272. The Hall–Kier alpha value is -2.72. The van der Waals surface area contributed by atoms with E-state index in [2.05, 4.69) is 4.98 Å². The first kappa shape index (κ1) is 18.6. The highest BCUT2D eigenvalue weighted by atomic mass is 32.2. The number of H-pyrrole nitrogens is 1. The lowest BCUT2D eigenvalue weighted by atomic mass is 10.2. The van der Waals surface area contributed by atoms with Gasteiger partial charge in [0.15, 0.2) is 0 Å². The lowest BCUT2D eigenvalue weighted by Gasteiger charge is -2.08. The molecule has 0 amide bonds. The van der Waals surface area contributed by atoms with Gasteiger partial charge in [-0.15, -0.1) is 0 Å². The third-order valence-corrected chi connectivity index (χ3v) is 4.26. The zero-order valence-electron chi connectivity index (χ0n) is 14.0. The normalized spacial score (nSPS) is 10.1. The Bertz CT molecular complexity index is 838. The number of aryl methyl sites for hydroxylation is 2. The second kappa shape index (κ2) is 8.94. The number of aromatic amines is 1. The summed E-state index contributed by atoms with van der Waals surface area (Å²) in [5, 5.41) is 9.51. The maximum absolute atomic E-state index is 11.8. The molecule has 1 N–H and O–H groups in total. The number of hydrogen-bond acceptors (Lipinski definition) is 6. The molecule has 0 radical (unpaired) electrons. The number of nitriles is 1. The van der Waals surface area contributed by atoms with E-state index in [-0.39, 0.29) is 24.5 Å². The molecule has 0 saturated carbocycles. The largest absolute Gasteiger partial charge is 0.490 e. The van der Waals surface area contributed by atoms with Crippen molar-refractivity contribution >= 4 is 17.7 Å². The summed E-state index contributed by atoms with van der Waals surface area (Å²) in [6.07, 6.45) is 0. The average molecular weight is 358 g/mol. The van der Waals surface area contributed by atoms with Gasteiger partial charge in [-0.25, -0.2) is 0 Å². The van der Waals surface area contributed by atoms with Gasteiger partial charge in [0.2, 0.25) is 5.56 Å². The maximum Gasteiger partial charge on any atom is 0.316 e. The summed E-state index contributed by atoms with van der Waals surface area (Å²) in [6.45, 7) is 4.05. The first-order valence-corrected chi connectivity index (χ1v) is 8.60. The number of benzene rings is 1. The highest BCUT2D eigenvalue weighted by Gasteiger charge is 2.11. The molecule has 0 bridgehead atoms. The summed E-state index contributed by atoms with van der Waals surface area (Å²) in [5.41, 5.74) is 1.77. The van der Waals surface area contributed by atoms with Gasteiger partial charge >= 0.3 is 5.97 Å². The Morgan fingerprint density at radius 3 is 2.64 bits per heavy atom. The Morgan fingerprint density at radius 2 is 1.96 bits per heavy atom. The third kappa shape index (κ3) is 5.69. The van der Waals surface area contributed by atoms with Gasteiger partial charge in [-0.1, -0.05) is 29.5 Å². The molecule has 6 nitrogen and oxygen atoms in total. The average Bonchev–Trinajstić information content (AvgIpc) is 2.58. The van der Waals surface area contributed by atoms with Crippen LogP contribution in [-0.4, -0.2) is 29.9 Å². The molecule has 25 heavy (non-hydrogen) atoms. The van der Waals surface area contributed by atoms with Crippen molar-refractivity contribution in [2.75, 3.05) is 19.0 Å². The first-order chi connectivity index (χ1) is 12.0. The van der Waals surface area contributed by atoms with E-state index in [1.54, 1.807) is 6.92 Å². The highest BCUT2D eigenvalue weighted by Crippen LogP contribution is 2.20. The molecule has 7 heteroatoms. The molecule has 0 atom stereocenters.